The third-order valence-electron chi connectivity index (χ3n) is 4.74. The van der Waals surface area contributed by atoms with Gasteiger partial charge in [0.15, 0.2) is 17.5 Å². The molecule has 31 heavy (non-hydrogen) atoms. The molecule has 7 heteroatoms. The van der Waals surface area contributed by atoms with Crippen molar-refractivity contribution in [1.29, 1.82) is 0 Å². The normalized spacial score (nSPS) is 13.5. The SMILES string of the molecule is COCCOCCCNC(=NCc1ccc(C)cc1)Nc1ccc2c(c1)OCCCO2. The average molecular weight is 428 g/mol. The Hall–Kier alpha value is -2.77. The first-order valence-electron chi connectivity index (χ1n) is 10.8. The molecule has 1 heterocycles. The van der Waals surface area contributed by atoms with Crippen LogP contribution < -0.4 is 20.1 Å². The lowest BCUT2D eigenvalue weighted by Crippen LogP contribution is -2.32. The molecule has 2 N–H and O–H groups in total. The number of nitrogens with one attached hydrogen (secondary N) is 2. The third kappa shape index (κ3) is 8.11. The van der Waals surface area contributed by atoms with Crippen LogP contribution in [-0.2, 0) is 16.0 Å². The Morgan fingerprint density at radius 2 is 1.81 bits per heavy atom. The van der Waals surface area contributed by atoms with Gasteiger partial charge >= 0.3 is 0 Å². The molecule has 0 aliphatic carbocycles. The molecule has 168 valence electrons. The van der Waals surface area contributed by atoms with Gasteiger partial charge in [0.05, 0.1) is 33.0 Å². The molecular formula is C24H33N3O4. The Balaban J connectivity index is 1.61. The van der Waals surface area contributed by atoms with Crippen molar-refractivity contribution in [1.82, 2.24) is 5.32 Å². The number of ether oxygens (including phenoxy) is 4. The maximum Gasteiger partial charge on any atom is 0.196 e. The van der Waals surface area contributed by atoms with Gasteiger partial charge in [0, 0.05) is 38.4 Å². The van der Waals surface area contributed by atoms with Gasteiger partial charge in [-0.25, -0.2) is 4.99 Å². The monoisotopic (exact) mass is 427 g/mol. The highest BCUT2D eigenvalue weighted by atomic mass is 16.5. The van der Waals surface area contributed by atoms with E-state index in [-0.39, 0.29) is 0 Å². The van der Waals surface area contributed by atoms with Gasteiger partial charge in [0.25, 0.3) is 0 Å². The molecule has 1 aliphatic rings. The van der Waals surface area contributed by atoms with E-state index in [0.717, 1.165) is 42.1 Å². The largest absolute Gasteiger partial charge is 0.490 e. The quantitative estimate of drug-likeness (QED) is 0.342. The molecular weight excluding hydrogens is 394 g/mol. The fourth-order valence-corrected chi connectivity index (χ4v) is 3.01. The van der Waals surface area contributed by atoms with E-state index in [1.807, 2.05) is 18.2 Å². The molecule has 0 amide bonds. The number of benzene rings is 2. The molecule has 1 aliphatic heterocycles. The zero-order valence-corrected chi connectivity index (χ0v) is 18.5. The minimum absolute atomic E-state index is 0.588. The van der Waals surface area contributed by atoms with Crippen molar-refractivity contribution in [2.45, 2.75) is 26.3 Å². The fourth-order valence-electron chi connectivity index (χ4n) is 3.01. The van der Waals surface area contributed by atoms with Gasteiger partial charge in [-0.2, -0.15) is 0 Å². The van der Waals surface area contributed by atoms with Gasteiger partial charge in [-0.3, -0.25) is 0 Å². The number of hydrogen-bond donors (Lipinski definition) is 2. The Morgan fingerprint density at radius 3 is 2.61 bits per heavy atom. The summed E-state index contributed by atoms with van der Waals surface area (Å²) in [6, 6.07) is 14.3. The Bertz CT molecular complexity index is 824. The number of hydrogen-bond acceptors (Lipinski definition) is 5. The Morgan fingerprint density at radius 1 is 1.00 bits per heavy atom. The lowest BCUT2D eigenvalue weighted by molar-refractivity contribution is 0.0699. The van der Waals surface area contributed by atoms with Gasteiger partial charge in [-0.15, -0.1) is 0 Å². The van der Waals surface area contributed by atoms with Crippen LogP contribution in [0, 0.1) is 6.92 Å². The number of methoxy groups -OCH3 is 1. The molecule has 0 bridgehead atoms. The fraction of sp³-hybridized carbons (Fsp3) is 0.458. The highest BCUT2D eigenvalue weighted by Crippen LogP contribution is 2.32. The summed E-state index contributed by atoms with van der Waals surface area (Å²) < 4.78 is 22.1. The van der Waals surface area contributed by atoms with Crippen LogP contribution in [-0.4, -0.2) is 52.6 Å². The van der Waals surface area contributed by atoms with E-state index in [4.69, 9.17) is 23.9 Å². The number of guanidine groups is 1. The summed E-state index contributed by atoms with van der Waals surface area (Å²) in [5, 5.41) is 6.77. The number of nitrogens with zero attached hydrogens (tertiary/aromatic N) is 1. The second-order valence-electron chi connectivity index (χ2n) is 7.37. The first-order chi connectivity index (χ1) is 15.2. The molecule has 0 aromatic heterocycles. The van der Waals surface area contributed by atoms with Crippen LogP contribution in [0.1, 0.15) is 24.0 Å². The van der Waals surface area contributed by atoms with Crippen molar-refractivity contribution in [2.75, 3.05) is 52.0 Å². The lowest BCUT2D eigenvalue weighted by Gasteiger charge is -2.15. The molecule has 0 saturated carbocycles. The summed E-state index contributed by atoms with van der Waals surface area (Å²) in [7, 11) is 1.67. The van der Waals surface area contributed by atoms with Crippen LogP contribution in [0.15, 0.2) is 47.5 Å². The molecule has 0 unspecified atom stereocenters. The predicted molar refractivity (Wildman–Crippen MR) is 123 cm³/mol. The number of anilines is 1. The zero-order valence-electron chi connectivity index (χ0n) is 18.5. The summed E-state index contributed by atoms with van der Waals surface area (Å²) in [6.45, 7) is 6.65. The van der Waals surface area contributed by atoms with Gasteiger partial charge < -0.3 is 29.6 Å². The van der Waals surface area contributed by atoms with Gasteiger partial charge in [0.1, 0.15) is 0 Å². The number of aliphatic imine (C=N–C) groups is 1. The molecule has 0 saturated heterocycles. The summed E-state index contributed by atoms with van der Waals surface area (Å²) >= 11 is 0. The first kappa shape index (κ1) is 22.9. The van der Waals surface area contributed by atoms with E-state index in [1.54, 1.807) is 7.11 Å². The number of aryl methyl sites for hydroxylation is 1. The van der Waals surface area contributed by atoms with Crippen LogP contribution in [0.25, 0.3) is 0 Å². The molecule has 2 aromatic carbocycles. The van der Waals surface area contributed by atoms with Crippen LogP contribution in [0.2, 0.25) is 0 Å². The topological polar surface area (TPSA) is 73.3 Å². The number of fused-ring (bicyclic) bond motifs is 1. The van der Waals surface area contributed by atoms with E-state index >= 15 is 0 Å². The van der Waals surface area contributed by atoms with E-state index in [0.29, 0.717) is 45.5 Å². The molecule has 7 nitrogen and oxygen atoms in total. The van der Waals surface area contributed by atoms with Gasteiger partial charge in [-0.05, 0) is 31.0 Å². The van der Waals surface area contributed by atoms with E-state index in [1.165, 1.54) is 5.56 Å². The highest BCUT2D eigenvalue weighted by molar-refractivity contribution is 5.93. The van der Waals surface area contributed by atoms with Crippen LogP contribution in [0.3, 0.4) is 0 Å². The second kappa shape index (κ2) is 12.8. The Kier molecular flexibility index (Phi) is 9.47. The Labute approximate surface area is 184 Å². The van der Waals surface area contributed by atoms with Crippen molar-refractivity contribution in [3.8, 4) is 11.5 Å². The second-order valence-corrected chi connectivity index (χ2v) is 7.37. The molecule has 2 aromatic rings. The van der Waals surface area contributed by atoms with Crippen molar-refractivity contribution in [2.24, 2.45) is 4.99 Å². The molecule has 0 radical (unpaired) electrons. The van der Waals surface area contributed by atoms with E-state index in [9.17, 15) is 0 Å². The minimum Gasteiger partial charge on any atom is -0.490 e. The van der Waals surface area contributed by atoms with Crippen molar-refractivity contribution >= 4 is 11.6 Å². The smallest absolute Gasteiger partial charge is 0.196 e. The van der Waals surface area contributed by atoms with Crippen LogP contribution in [0.5, 0.6) is 11.5 Å². The summed E-state index contributed by atoms with van der Waals surface area (Å²) in [5.41, 5.74) is 3.30. The summed E-state index contributed by atoms with van der Waals surface area (Å²) in [6.07, 6.45) is 1.75. The number of rotatable bonds is 10. The van der Waals surface area contributed by atoms with Gasteiger partial charge in [-0.1, -0.05) is 29.8 Å². The minimum atomic E-state index is 0.588. The van der Waals surface area contributed by atoms with Crippen LogP contribution in [0.4, 0.5) is 5.69 Å². The van der Waals surface area contributed by atoms with Gasteiger partial charge in [0.2, 0.25) is 0 Å². The molecule has 0 spiro atoms. The predicted octanol–water partition coefficient (Wildman–Crippen LogP) is 3.77. The third-order valence-corrected chi connectivity index (χ3v) is 4.74. The van der Waals surface area contributed by atoms with Crippen molar-refractivity contribution in [3.05, 3.63) is 53.6 Å². The van der Waals surface area contributed by atoms with E-state index in [2.05, 4.69) is 41.8 Å². The lowest BCUT2D eigenvalue weighted by atomic mass is 10.1. The van der Waals surface area contributed by atoms with Crippen LogP contribution >= 0.6 is 0 Å². The zero-order chi connectivity index (χ0) is 21.7. The maximum absolute atomic E-state index is 5.80. The van der Waals surface area contributed by atoms with Crippen molar-refractivity contribution in [3.63, 3.8) is 0 Å². The maximum atomic E-state index is 5.80. The molecule has 0 atom stereocenters. The van der Waals surface area contributed by atoms with E-state index < -0.39 is 0 Å². The highest BCUT2D eigenvalue weighted by Gasteiger charge is 2.11. The van der Waals surface area contributed by atoms with Crippen molar-refractivity contribution < 1.29 is 18.9 Å². The first-order valence-corrected chi connectivity index (χ1v) is 10.8. The summed E-state index contributed by atoms with van der Waals surface area (Å²) in [5.74, 6) is 2.25. The standard InChI is InChI=1S/C24H33N3O4/c1-19-5-7-20(8-6-19)18-26-24(25-11-3-12-29-16-15-28-2)27-21-9-10-22-23(17-21)31-14-4-13-30-22/h5-10,17H,3-4,11-16,18H2,1-2H3,(H2,25,26,27). The molecule has 3 rings (SSSR count). The summed E-state index contributed by atoms with van der Waals surface area (Å²) in [4.78, 5) is 4.76. The molecule has 0 fully saturated rings. The average Bonchev–Trinajstić information content (AvgIpc) is 3.03.